The first kappa shape index (κ1) is 16.6. The Balaban J connectivity index is 1.40. The Kier molecular flexibility index (Phi) is 3.91. The van der Waals surface area contributed by atoms with Gasteiger partial charge in [-0.25, -0.2) is 4.98 Å². The largest absolute Gasteiger partial charge is 0.349 e. The number of likely N-dealkylation sites (tertiary alicyclic amines) is 1. The minimum absolute atomic E-state index is 0.0293. The van der Waals surface area contributed by atoms with Crippen molar-refractivity contribution in [1.29, 1.82) is 5.26 Å². The molecule has 3 heterocycles. The van der Waals surface area contributed by atoms with Crippen LogP contribution in [0.3, 0.4) is 0 Å². The number of carbonyl (C=O) groups is 2. The molecule has 0 aromatic carbocycles. The van der Waals surface area contributed by atoms with Gasteiger partial charge in [0.05, 0.1) is 11.7 Å². The second-order valence-electron chi connectivity index (χ2n) is 7.47. The summed E-state index contributed by atoms with van der Waals surface area (Å²) < 4.78 is 0. The lowest BCUT2D eigenvalue weighted by Gasteiger charge is -2.33. The number of fused-ring (bicyclic) bond motifs is 1. The molecule has 2 fully saturated rings. The number of pyridine rings is 1. The second-order valence-corrected chi connectivity index (χ2v) is 7.47. The third-order valence-electron chi connectivity index (χ3n) is 5.68. The van der Waals surface area contributed by atoms with Crippen LogP contribution in [0.2, 0.25) is 0 Å². The minimum atomic E-state index is -0.574. The highest BCUT2D eigenvalue weighted by Gasteiger charge is 2.45. The normalized spacial score (nSPS) is 19.2. The van der Waals surface area contributed by atoms with Gasteiger partial charge in [0.25, 0.3) is 5.91 Å². The van der Waals surface area contributed by atoms with Gasteiger partial charge >= 0.3 is 0 Å². The number of piperidine rings is 1. The number of nitrogens with one attached hydrogen (secondary N) is 2. The summed E-state index contributed by atoms with van der Waals surface area (Å²) in [6, 6.07) is 4.69. The molecule has 1 saturated heterocycles. The van der Waals surface area contributed by atoms with E-state index in [1.807, 2.05) is 11.0 Å². The number of aromatic amines is 1. The van der Waals surface area contributed by atoms with E-state index in [-0.39, 0.29) is 11.8 Å². The first-order chi connectivity index (χ1) is 12.5. The highest BCUT2D eigenvalue weighted by Crippen LogP contribution is 2.53. The summed E-state index contributed by atoms with van der Waals surface area (Å²) in [7, 11) is 0. The summed E-state index contributed by atoms with van der Waals surface area (Å²) in [6.07, 6.45) is 6.28. The van der Waals surface area contributed by atoms with Crippen LogP contribution in [0.1, 0.15) is 48.8 Å². The molecule has 2 aliphatic rings. The van der Waals surface area contributed by atoms with Crippen LogP contribution in [0.4, 0.5) is 0 Å². The zero-order valence-electron chi connectivity index (χ0n) is 14.7. The lowest BCUT2D eigenvalue weighted by Crippen LogP contribution is -2.49. The van der Waals surface area contributed by atoms with Gasteiger partial charge in [-0.2, -0.15) is 5.26 Å². The van der Waals surface area contributed by atoms with E-state index in [9.17, 15) is 9.59 Å². The number of hydrogen-bond acceptors (Lipinski definition) is 4. The highest BCUT2D eigenvalue weighted by atomic mass is 16.2. The van der Waals surface area contributed by atoms with Crippen LogP contribution >= 0.6 is 0 Å². The lowest BCUT2D eigenvalue weighted by molar-refractivity contribution is -0.134. The molecule has 1 aliphatic carbocycles. The smallest absolute Gasteiger partial charge is 0.268 e. The molecule has 134 valence electrons. The summed E-state index contributed by atoms with van der Waals surface area (Å²) in [6.45, 7) is 3.29. The molecule has 2 aromatic heterocycles. The van der Waals surface area contributed by atoms with Crippen LogP contribution in [0, 0.1) is 16.7 Å². The number of carbonyl (C=O) groups excluding carboxylic acids is 2. The molecular weight excluding hydrogens is 330 g/mol. The van der Waals surface area contributed by atoms with Crippen LogP contribution < -0.4 is 5.32 Å². The zero-order valence-corrected chi connectivity index (χ0v) is 14.7. The standard InChI is InChI=1S/C19H21N5O2/c1-12(18(26)24-6-4-19(2-3-19)5-7-24)22-17(25)15-9-13-8-14(10-20)21-11-16(13)23-15/h8-9,11-12,23H,2-7H2,1H3,(H,22,25)/t12-/m0/s1. The van der Waals surface area contributed by atoms with Crippen molar-refractivity contribution in [2.24, 2.45) is 5.41 Å². The quantitative estimate of drug-likeness (QED) is 0.882. The van der Waals surface area contributed by atoms with Gasteiger partial charge in [0.15, 0.2) is 0 Å². The average molecular weight is 351 g/mol. The van der Waals surface area contributed by atoms with Gasteiger partial charge in [-0.15, -0.1) is 0 Å². The van der Waals surface area contributed by atoms with E-state index in [1.165, 1.54) is 19.0 Å². The third-order valence-corrected chi connectivity index (χ3v) is 5.68. The van der Waals surface area contributed by atoms with Gasteiger partial charge in [-0.3, -0.25) is 9.59 Å². The maximum atomic E-state index is 12.6. The van der Waals surface area contributed by atoms with Crippen LogP contribution in [0.25, 0.3) is 10.9 Å². The predicted octanol–water partition coefficient (Wildman–Crippen LogP) is 1.96. The van der Waals surface area contributed by atoms with Crippen molar-refractivity contribution in [2.75, 3.05) is 13.1 Å². The van der Waals surface area contributed by atoms with E-state index < -0.39 is 6.04 Å². The molecule has 2 amide bonds. The number of nitrogens with zero attached hydrogens (tertiary/aromatic N) is 3. The Hall–Kier alpha value is -2.88. The van der Waals surface area contributed by atoms with Gasteiger partial charge in [-0.1, -0.05) is 0 Å². The second kappa shape index (κ2) is 6.13. The van der Waals surface area contributed by atoms with Gasteiger partial charge < -0.3 is 15.2 Å². The summed E-state index contributed by atoms with van der Waals surface area (Å²) >= 11 is 0. The van der Waals surface area contributed by atoms with Crippen LogP contribution in [0.15, 0.2) is 18.3 Å². The fourth-order valence-electron chi connectivity index (χ4n) is 3.70. The van der Waals surface area contributed by atoms with E-state index in [0.717, 1.165) is 31.3 Å². The van der Waals surface area contributed by atoms with Gasteiger partial charge in [-0.05, 0) is 50.2 Å². The first-order valence-corrected chi connectivity index (χ1v) is 8.98. The van der Waals surface area contributed by atoms with E-state index in [1.54, 1.807) is 19.1 Å². The lowest BCUT2D eigenvalue weighted by atomic mass is 9.93. The number of rotatable bonds is 3. The fraction of sp³-hybridized carbons (Fsp3) is 0.474. The average Bonchev–Trinajstić information content (AvgIpc) is 3.26. The van der Waals surface area contributed by atoms with Crippen molar-refractivity contribution in [3.63, 3.8) is 0 Å². The minimum Gasteiger partial charge on any atom is -0.349 e. The van der Waals surface area contributed by atoms with Gasteiger partial charge in [0, 0.05) is 18.5 Å². The number of aromatic nitrogens is 2. The molecule has 1 saturated carbocycles. The van der Waals surface area contributed by atoms with Gasteiger partial charge in [0.2, 0.25) is 5.91 Å². The molecule has 0 bridgehead atoms. The molecule has 2 aromatic rings. The monoisotopic (exact) mass is 351 g/mol. The zero-order chi connectivity index (χ0) is 18.3. The SMILES string of the molecule is C[C@H](NC(=O)c1cc2cc(C#N)ncc2[nH]1)C(=O)N1CCC2(CC1)CC2. The summed E-state index contributed by atoms with van der Waals surface area (Å²) in [4.78, 5) is 33.9. The Labute approximate surface area is 151 Å². The number of amides is 2. The summed E-state index contributed by atoms with van der Waals surface area (Å²) in [5, 5.41) is 12.4. The van der Waals surface area contributed by atoms with Crippen molar-refractivity contribution >= 4 is 22.7 Å². The molecule has 0 radical (unpaired) electrons. The summed E-state index contributed by atoms with van der Waals surface area (Å²) in [5.74, 6) is -0.366. The van der Waals surface area contributed by atoms with Crippen molar-refractivity contribution in [3.05, 3.63) is 29.7 Å². The predicted molar refractivity (Wildman–Crippen MR) is 95.2 cm³/mol. The topological polar surface area (TPSA) is 102 Å². The molecular formula is C19H21N5O2. The fourth-order valence-corrected chi connectivity index (χ4v) is 3.70. The molecule has 1 spiro atoms. The summed E-state index contributed by atoms with van der Waals surface area (Å²) in [5.41, 5.74) is 1.85. The number of hydrogen-bond donors (Lipinski definition) is 2. The van der Waals surface area contributed by atoms with Crippen molar-refractivity contribution in [3.8, 4) is 6.07 Å². The van der Waals surface area contributed by atoms with Crippen molar-refractivity contribution < 1.29 is 9.59 Å². The Morgan fingerprint density at radius 2 is 2.04 bits per heavy atom. The number of H-pyrrole nitrogens is 1. The van der Waals surface area contributed by atoms with E-state index >= 15 is 0 Å². The highest BCUT2D eigenvalue weighted by molar-refractivity contribution is 6.00. The van der Waals surface area contributed by atoms with E-state index in [4.69, 9.17) is 5.26 Å². The Morgan fingerprint density at radius 3 is 2.69 bits per heavy atom. The maximum Gasteiger partial charge on any atom is 0.268 e. The molecule has 7 heteroatoms. The molecule has 1 aliphatic heterocycles. The Morgan fingerprint density at radius 1 is 1.31 bits per heavy atom. The maximum absolute atomic E-state index is 12.6. The first-order valence-electron chi connectivity index (χ1n) is 8.98. The van der Waals surface area contributed by atoms with Crippen LogP contribution in [-0.2, 0) is 4.79 Å². The van der Waals surface area contributed by atoms with E-state index in [2.05, 4.69) is 15.3 Å². The van der Waals surface area contributed by atoms with Crippen molar-refractivity contribution in [1.82, 2.24) is 20.2 Å². The molecule has 26 heavy (non-hydrogen) atoms. The molecule has 7 nitrogen and oxygen atoms in total. The van der Waals surface area contributed by atoms with Crippen LogP contribution in [0.5, 0.6) is 0 Å². The van der Waals surface area contributed by atoms with Crippen LogP contribution in [-0.4, -0.2) is 45.8 Å². The van der Waals surface area contributed by atoms with Gasteiger partial charge in [0.1, 0.15) is 23.5 Å². The van der Waals surface area contributed by atoms with Crippen molar-refractivity contribution in [2.45, 2.75) is 38.6 Å². The molecule has 1 atom stereocenters. The number of nitriles is 1. The molecule has 2 N–H and O–H groups in total. The molecule has 4 rings (SSSR count). The molecule has 0 unspecified atom stereocenters. The third kappa shape index (κ3) is 3.03. The van der Waals surface area contributed by atoms with E-state index in [0.29, 0.717) is 22.3 Å². The Bertz CT molecular complexity index is 912.